The van der Waals surface area contributed by atoms with Gasteiger partial charge in [0.05, 0.1) is 10.6 Å². The molecule has 148 valence electrons. The number of amides is 2. The summed E-state index contributed by atoms with van der Waals surface area (Å²) >= 11 is 0. The lowest BCUT2D eigenvalue weighted by Crippen LogP contribution is -2.50. The topological polar surface area (TPSA) is 86.8 Å². The predicted molar refractivity (Wildman–Crippen MR) is 102 cm³/mol. The minimum Gasteiger partial charge on any atom is -0.339 e. The number of rotatable bonds is 4. The molecule has 0 aromatic heterocycles. The minimum absolute atomic E-state index is 0.0422. The fourth-order valence-electron chi connectivity index (χ4n) is 2.95. The largest absolute Gasteiger partial charge is 0.339 e. The first-order valence-electron chi connectivity index (χ1n) is 8.70. The van der Waals surface area contributed by atoms with E-state index in [2.05, 4.69) is 4.72 Å². The maximum atomic E-state index is 13.8. The van der Waals surface area contributed by atoms with Crippen molar-refractivity contribution in [2.45, 2.75) is 11.8 Å². The molecule has 1 aliphatic heterocycles. The van der Waals surface area contributed by atoms with Gasteiger partial charge in [-0.1, -0.05) is 18.2 Å². The Labute approximate surface area is 162 Å². The van der Waals surface area contributed by atoms with Crippen molar-refractivity contribution in [3.8, 4) is 0 Å². The number of para-hydroxylation sites is 1. The summed E-state index contributed by atoms with van der Waals surface area (Å²) in [5, 5.41) is 0. The lowest BCUT2D eigenvalue weighted by Gasteiger charge is -2.34. The van der Waals surface area contributed by atoms with Crippen LogP contribution in [0.1, 0.15) is 17.3 Å². The smallest absolute Gasteiger partial charge is 0.262 e. The summed E-state index contributed by atoms with van der Waals surface area (Å²) in [6.07, 6.45) is 0. The van der Waals surface area contributed by atoms with Gasteiger partial charge in [-0.3, -0.25) is 14.3 Å². The fraction of sp³-hybridized carbons (Fsp3) is 0.263. The minimum atomic E-state index is -4.06. The van der Waals surface area contributed by atoms with E-state index >= 15 is 0 Å². The van der Waals surface area contributed by atoms with Gasteiger partial charge in [0.1, 0.15) is 5.82 Å². The molecule has 0 unspecified atom stereocenters. The van der Waals surface area contributed by atoms with Gasteiger partial charge in [0.15, 0.2) is 0 Å². The highest BCUT2D eigenvalue weighted by Crippen LogP contribution is 2.20. The normalized spacial score (nSPS) is 14.6. The molecule has 1 aliphatic rings. The van der Waals surface area contributed by atoms with E-state index in [4.69, 9.17) is 0 Å². The molecule has 0 atom stereocenters. The fourth-order valence-corrected chi connectivity index (χ4v) is 4.06. The van der Waals surface area contributed by atoms with E-state index in [0.717, 1.165) is 6.07 Å². The zero-order chi connectivity index (χ0) is 20.3. The summed E-state index contributed by atoms with van der Waals surface area (Å²) in [4.78, 5) is 27.2. The predicted octanol–water partition coefficient (Wildman–Crippen LogP) is 1.93. The van der Waals surface area contributed by atoms with Crippen LogP contribution >= 0.6 is 0 Å². The Hall–Kier alpha value is -2.94. The summed E-state index contributed by atoms with van der Waals surface area (Å²) in [5.41, 5.74) is 0.0484. The Morgan fingerprint density at radius 3 is 2.25 bits per heavy atom. The van der Waals surface area contributed by atoms with Crippen LogP contribution in [0.5, 0.6) is 0 Å². The number of hydrogen-bond donors (Lipinski definition) is 1. The molecule has 0 spiro atoms. The summed E-state index contributed by atoms with van der Waals surface area (Å²) in [6.45, 7) is 3.11. The van der Waals surface area contributed by atoms with Crippen molar-refractivity contribution in [1.29, 1.82) is 0 Å². The van der Waals surface area contributed by atoms with Crippen LogP contribution in [-0.4, -0.2) is 56.2 Å². The van der Waals surface area contributed by atoms with Crippen molar-refractivity contribution in [2.75, 3.05) is 30.9 Å². The maximum Gasteiger partial charge on any atom is 0.262 e. The van der Waals surface area contributed by atoms with E-state index in [9.17, 15) is 22.4 Å². The number of nitrogens with one attached hydrogen (secondary N) is 1. The first kappa shape index (κ1) is 19.8. The van der Waals surface area contributed by atoms with E-state index in [1.165, 1.54) is 49.4 Å². The Morgan fingerprint density at radius 2 is 1.61 bits per heavy atom. The molecule has 2 aromatic rings. The van der Waals surface area contributed by atoms with E-state index in [1.807, 2.05) is 0 Å². The second kappa shape index (κ2) is 7.97. The van der Waals surface area contributed by atoms with Crippen molar-refractivity contribution >= 4 is 27.5 Å². The third-order valence-electron chi connectivity index (χ3n) is 4.52. The van der Waals surface area contributed by atoms with Gasteiger partial charge in [0, 0.05) is 38.7 Å². The molecule has 1 fully saturated rings. The number of benzene rings is 2. The summed E-state index contributed by atoms with van der Waals surface area (Å²) < 4.78 is 41.1. The summed E-state index contributed by atoms with van der Waals surface area (Å²) in [6, 6.07) is 11.0. The molecule has 2 amide bonds. The van der Waals surface area contributed by atoms with Crippen LogP contribution in [-0.2, 0) is 14.8 Å². The van der Waals surface area contributed by atoms with Gasteiger partial charge >= 0.3 is 0 Å². The molecule has 0 saturated carbocycles. The SMILES string of the molecule is CC(=O)N1CCN(C(=O)c2cccc(S(=O)(=O)Nc3ccccc3F)c2)CC1. The van der Waals surface area contributed by atoms with Crippen LogP contribution in [0, 0.1) is 5.82 Å². The Bertz CT molecular complexity index is 1000. The summed E-state index contributed by atoms with van der Waals surface area (Å²) in [7, 11) is -4.06. The second-order valence-corrected chi connectivity index (χ2v) is 8.09. The molecular weight excluding hydrogens is 385 g/mol. The number of carbonyl (C=O) groups excluding carboxylic acids is 2. The van der Waals surface area contributed by atoms with Gasteiger partial charge in [0.25, 0.3) is 15.9 Å². The molecule has 9 heteroatoms. The van der Waals surface area contributed by atoms with Gasteiger partial charge in [-0.05, 0) is 30.3 Å². The maximum absolute atomic E-state index is 13.8. The van der Waals surface area contributed by atoms with Crippen LogP contribution in [0.3, 0.4) is 0 Å². The zero-order valence-corrected chi connectivity index (χ0v) is 16.1. The van der Waals surface area contributed by atoms with Crippen molar-refractivity contribution < 1.29 is 22.4 Å². The number of anilines is 1. The lowest BCUT2D eigenvalue weighted by molar-refractivity contribution is -0.130. The number of hydrogen-bond acceptors (Lipinski definition) is 4. The third kappa shape index (κ3) is 4.30. The van der Waals surface area contributed by atoms with Crippen LogP contribution in [0.4, 0.5) is 10.1 Å². The number of halogens is 1. The van der Waals surface area contributed by atoms with Gasteiger partial charge in [0.2, 0.25) is 5.91 Å². The monoisotopic (exact) mass is 405 g/mol. The Kier molecular flexibility index (Phi) is 5.64. The second-order valence-electron chi connectivity index (χ2n) is 6.41. The summed E-state index contributed by atoms with van der Waals surface area (Å²) in [5.74, 6) is -1.05. The van der Waals surface area contributed by atoms with Gasteiger partial charge in [-0.25, -0.2) is 12.8 Å². The number of carbonyl (C=O) groups is 2. The highest BCUT2D eigenvalue weighted by Gasteiger charge is 2.24. The quantitative estimate of drug-likeness (QED) is 0.842. The molecule has 2 aromatic carbocycles. The Morgan fingerprint density at radius 1 is 0.964 bits per heavy atom. The van der Waals surface area contributed by atoms with Crippen molar-refractivity contribution in [3.05, 3.63) is 59.9 Å². The van der Waals surface area contributed by atoms with Crippen LogP contribution in [0.15, 0.2) is 53.4 Å². The standard InChI is InChI=1S/C19H20FN3O4S/c1-14(24)22-9-11-23(12-10-22)19(25)15-5-4-6-16(13-15)28(26,27)21-18-8-3-2-7-17(18)20/h2-8,13,21H,9-12H2,1H3. The molecular formula is C19H20FN3O4S. The van der Waals surface area contributed by atoms with Crippen molar-refractivity contribution in [1.82, 2.24) is 9.80 Å². The average Bonchev–Trinajstić information content (AvgIpc) is 2.69. The van der Waals surface area contributed by atoms with Crippen LogP contribution in [0.25, 0.3) is 0 Å². The molecule has 1 N–H and O–H groups in total. The number of sulfonamides is 1. The van der Waals surface area contributed by atoms with E-state index in [1.54, 1.807) is 9.80 Å². The van der Waals surface area contributed by atoms with E-state index in [-0.39, 0.29) is 28.0 Å². The molecule has 1 saturated heterocycles. The first-order chi connectivity index (χ1) is 13.3. The van der Waals surface area contributed by atoms with Crippen LogP contribution in [0.2, 0.25) is 0 Å². The first-order valence-corrected chi connectivity index (χ1v) is 10.2. The zero-order valence-electron chi connectivity index (χ0n) is 15.3. The average molecular weight is 405 g/mol. The van der Waals surface area contributed by atoms with Crippen molar-refractivity contribution in [3.63, 3.8) is 0 Å². The molecule has 7 nitrogen and oxygen atoms in total. The molecule has 1 heterocycles. The van der Waals surface area contributed by atoms with Gasteiger partial charge in [-0.15, -0.1) is 0 Å². The van der Waals surface area contributed by atoms with Crippen LogP contribution < -0.4 is 4.72 Å². The van der Waals surface area contributed by atoms with Gasteiger partial charge < -0.3 is 9.80 Å². The van der Waals surface area contributed by atoms with Crippen molar-refractivity contribution in [2.24, 2.45) is 0 Å². The van der Waals surface area contributed by atoms with Gasteiger partial charge in [-0.2, -0.15) is 0 Å². The molecule has 28 heavy (non-hydrogen) atoms. The molecule has 0 aliphatic carbocycles. The molecule has 0 bridgehead atoms. The van der Waals surface area contributed by atoms with E-state index in [0.29, 0.717) is 26.2 Å². The highest BCUT2D eigenvalue weighted by atomic mass is 32.2. The molecule has 0 radical (unpaired) electrons. The lowest BCUT2D eigenvalue weighted by atomic mass is 10.2. The molecule has 3 rings (SSSR count). The number of nitrogens with zero attached hydrogens (tertiary/aromatic N) is 2. The number of piperazine rings is 1. The highest BCUT2D eigenvalue weighted by molar-refractivity contribution is 7.92. The Balaban J connectivity index is 1.77. The van der Waals surface area contributed by atoms with E-state index < -0.39 is 15.8 Å². The third-order valence-corrected chi connectivity index (χ3v) is 5.88.